The van der Waals surface area contributed by atoms with Gasteiger partial charge in [-0.1, -0.05) is 43.0 Å². The van der Waals surface area contributed by atoms with Crippen molar-refractivity contribution in [3.63, 3.8) is 0 Å². The molecule has 0 aliphatic carbocycles. The van der Waals surface area contributed by atoms with Crippen LogP contribution < -0.4 is 9.47 Å². The summed E-state index contributed by atoms with van der Waals surface area (Å²) in [5.74, 6) is 0.258. The topological polar surface area (TPSA) is 97.4 Å². The van der Waals surface area contributed by atoms with E-state index in [1.165, 1.54) is 0 Å². The van der Waals surface area contributed by atoms with Gasteiger partial charge in [-0.25, -0.2) is 4.68 Å². The average molecular weight is 571 g/mol. The minimum Gasteiger partial charge on any atom is -0.497 e. The number of aromatic nitrogens is 2. The zero-order valence-corrected chi connectivity index (χ0v) is 24.2. The predicted octanol–water partition coefficient (Wildman–Crippen LogP) is 6.21. The van der Waals surface area contributed by atoms with Crippen LogP contribution in [0.1, 0.15) is 23.6 Å². The molecule has 1 aliphatic heterocycles. The van der Waals surface area contributed by atoms with Crippen LogP contribution in [0.25, 0.3) is 23.0 Å². The Hall–Kier alpha value is -5.68. The number of benzene rings is 3. The Morgan fingerprint density at radius 3 is 2.35 bits per heavy atom. The fourth-order valence-corrected chi connectivity index (χ4v) is 4.90. The lowest BCUT2D eigenvalue weighted by Gasteiger charge is -2.27. The molecule has 0 unspecified atom stereocenters. The third kappa shape index (κ3) is 5.88. The number of amides is 2. The van der Waals surface area contributed by atoms with E-state index < -0.39 is 11.8 Å². The standard InChI is InChI=1S/C35H30N4O4/c1-5-17-43-29-15-16-30(23(2)18-29)33-26(22-39(37-33)27-9-7-6-8-10-27)19-31-24(3)32(20-36)35(41)38(34(31)40)21-25-11-13-28(42-4)14-12-25/h5-16,18-19,22H,1,17,21H2,2-4H3/b31-19+. The van der Waals surface area contributed by atoms with E-state index in [-0.39, 0.29) is 17.7 Å². The number of methoxy groups -OCH3 is 1. The molecule has 0 atom stereocenters. The van der Waals surface area contributed by atoms with Crippen molar-refractivity contribution in [1.82, 2.24) is 14.7 Å². The maximum Gasteiger partial charge on any atom is 0.271 e. The van der Waals surface area contributed by atoms with Gasteiger partial charge in [0.1, 0.15) is 35.4 Å². The number of carbonyl (C=O) groups excluding carboxylic acids is 2. The number of aryl methyl sites for hydroxylation is 1. The van der Waals surface area contributed by atoms with Gasteiger partial charge < -0.3 is 9.47 Å². The van der Waals surface area contributed by atoms with Crippen LogP contribution in [0.5, 0.6) is 11.5 Å². The van der Waals surface area contributed by atoms with Gasteiger partial charge in [0.2, 0.25) is 0 Å². The van der Waals surface area contributed by atoms with E-state index >= 15 is 0 Å². The van der Waals surface area contributed by atoms with Crippen LogP contribution >= 0.6 is 0 Å². The number of nitriles is 1. The normalized spacial score (nSPS) is 14.2. The third-order valence-corrected chi connectivity index (χ3v) is 7.21. The molecular formula is C35H30N4O4. The van der Waals surface area contributed by atoms with Crippen LogP contribution in [0.2, 0.25) is 0 Å². The molecule has 43 heavy (non-hydrogen) atoms. The van der Waals surface area contributed by atoms with Crippen molar-refractivity contribution in [2.75, 3.05) is 13.7 Å². The van der Waals surface area contributed by atoms with Crippen LogP contribution in [-0.4, -0.2) is 40.2 Å². The molecule has 1 aromatic heterocycles. The quantitative estimate of drug-likeness (QED) is 0.135. The molecule has 8 heteroatoms. The Balaban J connectivity index is 1.62. The fourth-order valence-electron chi connectivity index (χ4n) is 4.90. The molecule has 3 aromatic carbocycles. The number of rotatable bonds is 9. The molecule has 0 saturated carbocycles. The number of imide groups is 1. The minimum atomic E-state index is -0.621. The second-order valence-corrected chi connectivity index (χ2v) is 10.0. The van der Waals surface area contributed by atoms with Gasteiger partial charge in [0.05, 0.1) is 19.3 Å². The summed E-state index contributed by atoms with van der Waals surface area (Å²) >= 11 is 0. The van der Waals surface area contributed by atoms with Gasteiger partial charge >= 0.3 is 0 Å². The van der Waals surface area contributed by atoms with E-state index in [2.05, 4.69) is 6.58 Å². The highest BCUT2D eigenvalue weighted by Gasteiger charge is 2.35. The van der Waals surface area contributed by atoms with Crippen molar-refractivity contribution in [1.29, 1.82) is 5.26 Å². The van der Waals surface area contributed by atoms with Crippen LogP contribution in [-0.2, 0) is 16.1 Å². The summed E-state index contributed by atoms with van der Waals surface area (Å²) in [6.45, 7) is 7.70. The van der Waals surface area contributed by atoms with Gasteiger partial charge in [-0.05, 0) is 79.1 Å². The van der Waals surface area contributed by atoms with Crippen molar-refractivity contribution in [2.24, 2.45) is 0 Å². The summed E-state index contributed by atoms with van der Waals surface area (Å²) < 4.78 is 12.7. The SMILES string of the molecule is C=CCOc1ccc(-c2nn(-c3ccccc3)cc2/C=C2/C(=O)N(Cc3ccc(OC)cc3)C(=O)C(C#N)=C2C)c(C)c1. The lowest BCUT2D eigenvalue weighted by Crippen LogP contribution is -2.42. The van der Waals surface area contributed by atoms with Gasteiger partial charge in [0.25, 0.3) is 11.8 Å². The van der Waals surface area contributed by atoms with E-state index in [9.17, 15) is 14.9 Å². The summed E-state index contributed by atoms with van der Waals surface area (Å²) in [7, 11) is 1.57. The first-order valence-corrected chi connectivity index (χ1v) is 13.7. The first kappa shape index (κ1) is 28.8. The number of carbonyl (C=O) groups is 2. The van der Waals surface area contributed by atoms with E-state index in [0.29, 0.717) is 34.9 Å². The smallest absolute Gasteiger partial charge is 0.271 e. The minimum absolute atomic E-state index is 0.0128. The highest BCUT2D eigenvalue weighted by atomic mass is 16.5. The van der Waals surface area contributed by atoms with Crippen LogP contribution in [0.3, 0.4) is 0 Å². The van der Waals surface area contributed by atoms with Crippen molar-refractivity contribution in [3.05, 3.63) is 125 Å². The Morgan fingerprint density at radius 1 is 0.977 bits per heavy atom. The zero-order chi connectivity index (χ0) is 30.5. The second-order valence-electron chi connectivity index (χ2n) is 10.0. The molecule has 1 aliphatic rings. The van der Waals surface area contributed by atoms with Crippen molar-refractivity contribution < 1.29 is 19.1 Å². The lowest BCUT2D eigenvalue weighted by atomic mass is 9.92. The zero-order valence-electron chi connectivity index (χ0n) is 24.2. The molecule has 5 rings (SSSR count). The maximum absolute atomic E-state index is 13.9. The Morgan fingerprint density at radius 2 is 1.70 bits per heavy atom. The van der Waals surface area contributed by atoms with E-state index in [1.54, 1.807) is 55.1 Å². The summed E-state index contributed by atoms with van der Waals surface area (Å²) in [6, 6.07) is 24.5. The van der Waals surface area contributed by atoms with Crippen molar-refractivity contribution >= 4 is 17.9 Å². The van der Waals surface area contributed by atoms with E-state index in [1.807, 2.05) is 67.7 Å². The number of ether oxygens (including phenoxy) is 2. The van der Waals surface area contributed by atoms with Gasteiger partial charge in [0, 0.05) is 22.9 Å². The lowest BCUT2D eigenvalue weighted by molar-refractivity contribution is -0.141. The predicted molar refractivity (Wildman–Crippen MR) is 164 cm³/mol. The molecule has 0 bridgehead atoms. The van der Waals surface area contributed by atoms with Gasteiger partial charge in [-0.3, -0.25) is 14.5 Å². The first-order chi connectivity index (χ1) is 20.8. The number of nitrogens with zero attached hydrogens (tertiary/aromatic N) is 4. The van der Waals surface area contributed by atoms with Gasteiger partial charge in [0.15, 0.2) is 0 Å². The third-order valence-electron chi connectivity index (χ3n) is 7.21. The monoisotopic (exact) mass is 570 g/mol. The fraction of sp³-hybridized carbons (Fsp3) is 0.143. The van der Waals surface area contributed by atoms with E-state index in [0.717, 1.165) is 27.3 Å². The van der Waals surface area contributed by atoms with Crippen LogP contribution in [0.15, 0.2) is 108 Å². The Labute approximate surface area is 250 Å². The second kappa shape index (κ2) is 12.5. The van der Waals surface area contributed by atoms with Gasteiger partial charge in [-0.2, -0.15) is 10.4 Å². The van der Waals surface area contributed by atoms with E-state index in [4.69, 9.17) is 14.6 Å². The van der Waals surface area contributed by atoms with Crippen molar-refractivity contribution in [2.45, 2.75) is 20.4 Å². The molecule has 0 radical (unpaired) electrons. The Bertz CT molecular complexity index is 1810. The summed E-state index contributed by atoms with van der Waals surface area (Å²) in [4.78, 5) is 28.3. The van der Waals surface area contributed by atoms with Crippen LogP contribution in [0, 0.1) is 18.3 Å². The molecule has 214 valence electrons. The van der Waals surface area contributed by atoms with Gasteiger partial charge in [-0.15, -0.1) is 0 Å². The molecule has 0 saturated heterocycles. The average Bonchev–Trinajstić information content (AvgIpc) is 3.45. The summed E-state index contributed by atoms with van der Waals surface area (Å²) in [6.07, 6.45) is 5.24. The molecule has 0 spiro atoms. The maximum atomic E-state index is 13.9. The molecule has 0 N–H and O–H groups in total. The molecule has 2 heterocycles. The first-order valence-electron chi connectivity index (χ1n) is 13.7. The highest BCUT2D eigenvalue weighted by molar-refractivity contribution is 6.19. The number of hydrogen-bond donors (Lipinski definition) is 0. The molecule has 8 nitrogen and oxygen atoms in total. The molecule has 2 amide bonds. The largest absolute Gasteiger partial charge is 0.497 e. The molecular weight excluding hydrogens is 540 g/mol. The number of hydrogen-bond acceptors (Lipinski definition) is 6. The Kier molecular flexibility index (Phi) is 8.35. The van der Waals surface area contributed by atoms with Crippen molar-refractivity contribution in [3.8, 4) is 34.5 Å². The summed E-state index contributed by atoms with van der Waals surface area (Å²) in [5, 5.41) is 14.8. The summed E-state index contributed by atoms with van der Waals surface area (Å²) in [5.41, 5.74) is 5.15. The molecule has 4 aromatic rings. The molecule has 0 fully saturated rings. The number of para-hydroxylation sites is 1. The highest BCUT2D eigenvalue weighted by Crippen LogP contribution is 2.34. The van der Waals surface area contributed by atoms with Crippen LogP contribution in [0.4, 0.5) is 0 Å².